The molecule has 1 spiro atoms. The number of hydrogen-bond donors (Lipinski definition) is 1. The fourth-order valence-corrected chi connectivity index (χ4v) is 4.05. The van der Waals surface area contributed by atoms with E-state index in [1.54, 1.807) is 16.8 Å². The van der Waals surface area contributed by atoms with E-state index < -0.39 is 0 Å². The van der Waals surface area contributed by atoms with Crippen LogP contribution in [0.1, 0.15) is 49.5 Å². The summed E-state index contributed by atoms with van der Waals surface area (Å²) in [5.74, 6) is 0.465. The van der Waals surface area contributed by atoms with Crippen LogP contribution in [0.25, 0.3) is 5.78 Å². The Hall–Kier alpha value is -1.99. The number of ether oxygens (including phenoxy) is 1. The molecule has 0 radical (unpaired) electrons. The lowest BCUT2D eigenvalue weighted by molar-refractivity contribution is -0.179. The molecule has 0 unspecified atom stereocenters. The van der Waals surface area contributed by atoms with Crippen LogP contribution in [0.15, 0.2) is 24.7 Å². The van der Waals surface area contributed by atoms with Crippen molar-refractivity contribution in [3.05, 3.63) is 30.4 Å². The number of piperidine rings is 1. The highest BCUT2D eigenvalue weighted by Gasteiger charge is 2.43. The maximum atomic E-state index is 12.8. The van der Waals surface area contributed by atoms with Crippen molar-refractivity contribution in [1.29, 1.82) is 0 Å². The summed E-state index contributed by atoms with van der Waals surface area (Å²) in [4.78, 5) is 23.1. The predicted octanol–water partition coefficient (Wildman–Crippen LogP) is 1.65. The zero-order valence-corrected chi connectivity index (χ0v) is 14.5. The zero-order valence-electron chi connectivity index (χ0n) is 14.5. The predicted molar refractivity (Wildman–Crippen MR) is 91.3 cm³/mol. The molecule has 2 fully saturated rings. The number of carbonyl (C=O) groups is 1. The van der Waals surface area contributed by atoms with Crippen molar-refractivity contribution in [2.45, 2.75) is 56.8 Å². The molecular formula is C18H24N4O3. The molecule has 0 aliphatic carbocycles. The van der Waals surface area contributed by atoms with Gasteiger partial charge in [0.25, 0.3) is 5.91 Å². The van der Waals surface area contributed by atoms with E-state index in [4.69, 9.17) is 4.74 Å². The molecule has 25 heavy (non-hydrogen) atoms. The Morgan fingerprint density at radius 2 is 2.24 bits per heavy atom. The summed E-state index contributed by atoms with van der Waals surface area (Å²) in [5.41, 5.74) is 0.140. The largest absolute Gasteiger partial charge is 0.393 e. The second kappa shape index (κ2) is 6.38. The third-order valence-corrected chi connectivity index (χ3v) is 5.43. The summed E-state index contributed by atoms with van der Waals surface area (Å²) < 4.78 is 8.04. The molecule has 2 saturated heterocycles. The quantitative estimate of drug-likeness (QED) is 0.896. The van der Waals surface area contributed by atoms with E-state index in [0.29, 0.717) is 31.0 Å². The van der Waals surface area contributed by atoms with E-state index in [-0.39, 0.29) is 23.7 Å². The first-order valence-corrected chi connectivity index (χ1v) is 9.03. The van der Waals surface area contributed by atoms with Crippen molar-refractivity contribution in [2.24, 2.45) is 0 Å². The molecule has 134 valence electrons. The van der Waals surface area contributed by atoms with Crippen LogP contribution in [0.2, 0.25) is 0 Å². The standard InChI is InChI=1S/C18H24N4O3/c1-2-14-10-13(23)11-18(25-14)4-8-21(9-5-18)16(24)15-12-22-7-3-6-19-17(22)20-15/h3,6-7,12-14,23H,2,4-5,8-11H2,1H3/t13-,14+/m1/s1. The molecule has 2 aliphatic rings. The Labute approximate surface area is 146 Å². The number of imidazole rings is 1. The first-order valence-electron chi connectivity index (χ1n) is 9.03. The number of likely N-dealkylation sites (tertiary alicyclic amines) is 1. The van der Waals surface area contributed by atoms with Gasteiger partial charge >= 0.3 is 0 Å². The highest BCUT2D eigenvalue weighted by atomic mass is 16.5. The molecule has 2 aromatic heterocycles. The molecule has 7 nitrogen and oxygen atoms in total. The number of aromatic nitrogens is 3. The molecule has 4 rings (SSSR count). The fraction of sp³-hybridized carbons (Fsp3) is 0.611. The highest BCUT2D eigenvalue weighted by molar-refractivity contribution is 5.92. The van der Waals surface area contributed by atoms with E-state index in [0.717, 1.165) is 25.7 Å². The zero-order chi connectivity index (χ0) is 17.4. The number of rotatable bonds is 2. The second-order valence-corrected chi connectivity index (χ2v) is 7.17. The minimum absolute atomic E-state index is 0.0660. The van der Waals surface area contributed by atoms with Gasteiger partial charge in [-0.3, -0.25) is 9.20 Å². The first kappa shape index (κ1) is 16.5. The SMILES string of the molecule is CC[C@H]1C[C@@H](O)CC2(CCN(C(=O)c3cn4cccnc4n3)CC2)O1. The van der Waals surface area contributed by atoms with Crippen LogP contribution in [0.3, 0.4) is 0 Å². The van der Waals surface area contributed by atoms with Crippen LogP contribution in [0, 0.1) is 0 Å². The van der Waals surface area contributed by atoms with E-state index in [1.165, 1.54) is 0 Å². The monoisotopic (exact) mass is 344 g/mol. The van der Waals surface area contributed by atoms with Crippen LogP contribution in [0.5, 0.6) is 0 Å². The van der Waals surface area contributed by atoms with Gasteiger partial charge in [-0.1, -0.05) is 6.92 Å². The van der Waals surface area contributed by atoms with Gasteiger partial charge in [0.1, 0.15) is 5.69 Å². The Bertz CT molecular complexity index is 734. The van der Waals surface area contributed by atoms with Gasteiger partial charge in [-0.25, -0.2) is 9.97 Å². The van der Waals surface area contributed by atoms with Gasteiger partial charge in [0.05, 0.1) is 17.8 Å². The van der Waals surface area contributed by atoms with Crippen molar-refractivity contribution in [1.82, 2.24) is 19.3 Å². The Kier molecular flexibility index (Phi) is 4.21. The fourth-order valence-electron chi connectivity index (χ4n) is 4.05. The molecule has 0 bridgehead atoms. The van der Waals surface area contributed by atoms with Crippen molar-refractivity contribution >= 4 is 11.7 Å². The van der Waals surface area contributed by atoms with Crippen molar-refractivity contribution < 1.29 is 14.6 Å². The van der Waals surface area contributed by atoms with Crippen LogP contribution in [-0.2, 0) is 4.74 Å². The highest BCUT2D eigenvalue weighted by Crippen LogP contribution is 2.38. The summed E-state index contributed by atoms with van der Waals surface area (Å²) in [6, 6.07) is 1.81. The third-order valence-electron chi connectivity index (χ3n) is 5.43. The first-order chi connectivity index (χ1) is 12.1. The Morgan fingerprint density at radius 1 is 1.44 bits per heavy atom. The average molecular weight is 344 g/mol. The average Bonchev–Trinajstić information content (AvgIpc) is 3.05. The summed E-state index contributed by atoms with van der Waals surface area (Å²) in [7, 11) is 0. The lowest BCUT2D eigenvalue weighted by Crippen LogP contribution is -2.53. The normalized spacial score (nSPS) is 26.2. The van der Waals surface area contributed by atoms with E-state index in [9.17, 15) is 9.90 Å². The van der Waals surface area contributed by atoms with Gasteiger partial charge in [0, 0.05) is 38.1 Å². The molecule has 0 aromatic carbocycles. The van der Waals surface area contributed by atoms with Gasteiger partial charge in [-0.2, -0.15) is 0 Å². The number of hydrogen-bond acceptors (Lipinski definition) is 5. The lowest BCUT2D eigenvalue weighted by Gasteiger charge is -2.47. The smallest absolute Gasteiger partial charge is 0.274 e. The number of nitrogens with zero attached hydrogens (tertiary/aromatic N) is 4. The van der Waals surface area contributed by atoms with Gasteiger partial charge in [-0.05, 0) is 31.7 Å². The molecule has 2 aromatic rings. The summed E-state index contributed by atoms with van der Waals surface area (Å²) in [5, 5.41) is 10.2. The van der Waals surface area contributed by atoms with Crippen molar-refractivity contribution in [3.63, 3.8) is 0 Å². The van der Waals surface area contributed by atoms with Crippen LogP contribution < -0.4 is 0 Å². The number of amides is 1. The van der Waals surface area contributed by atoms with E-state index >= 15 is 0 Å². The second-order valence-electron chi connectivity index (χ2n) is 7.17. The Balaban J connectivity index is 1.45. The molecule has 1 N–H and O–H groups in total. The number of carbonyl (C=O) groups excluding carboxylic acids is 1. The molecule has 0 saturated carbocycles. The van der Waals surface area contributed by atoms with Gasteiger partial charge in [0.2, 0.25) is 5.78 Å². The minimum Gasteiger partial charge on any atom is -0.393 e. The third kappa shape index (κ3) is 3.14. The van der Waals surface area contributed by atoms with Crippen molar-refractivity contribution in [3.8, 4) is 0 Å². The van der Waals surface area contributed by atoms with Gasteiger partial charge in [0.15, 0.2) is 0 Å². The molecule has 1 amide bonds. The Morgan fingerprint density at radius 3 is 2.96 bits per heavy atom. The number of aliphatic hydroxyl groups excluding tert-OH is 1. The lowest BCUT2D eigenvalue weighted by atomic mass is 9.81. The molecule has 2 atom stereocenters. The maximum Gasteiger partial charge on any atom is 0.274 e. The summed E-state index contributed by atoms with van der Waals surface area (Å²) in [6.45, 7) is 3.35. The molecule has 4 heterocycles. The van der Waals surface area contributed by atoms with Crippen LogP contribution in [-0.4, -0.2) is 61.2 Å². The number of aliphatic hydroxyl groups is 1. The molecular weight excluding hydrogens is 320 g/mol. The minimum atomic E-state index is -0.300. The van der Waals surface area contributed by atoms with E-state index in [1.807, 2.05) is 17.2 Å². The summed E-state index contributed by atoms with van der Waals surface area (Å²) >= 11 is 0. The molecule has 7 heteroatoms. The van der Waals surface area contributed by atoms with Crippen LogP contribution in [0.4, 0.5) is 0 Å². The topological polar surface area (TPSA) is 80.0 Å². The van der Waals surface area contributed by atoms with E-state index in [2.05, 4.69) is 16.9 Å². The summed E-state index contributed by atoms with van der Waals surface area (Å²) in [6.07, 6.45) is 8.87. The maximum absolute atomic E-state index is 12.8. The number of fused-ring (bicyclic) bond motifs is 1. The van der Waals surface area contributed by atoms with Crippen LogP contribution >= 0.6 is 0 Å². The van der Waals surface area contributed by atoms with Crippen molar-refractivity contribution in [2.75, 3.05) is 13.1 Å². The van der Waals surface area contributed by atoms with Gasteiger partial charge < -0.3 is 14.7 Å². The molecule has 2 aliphatic heterocycles. The van der Waals surface area contributed by atoms with Gasteiger partial charge in [-0.15, -0.1) is 0 Å².